The maximum atomic E-state index is 3.08. The van der Waals surface area contributed by atoms with E-state index in [4.69, 9.17) is 0 Å². The van der Waals surface area contributed by atoms with E-state index in [9.17, 15) is 0 Å². The van der Waals surface area contributed by atoms with E-state index in [1.54, 1.807) is 0 Å². The van der Waals surface area contributed by atoms with Crippen LogP contribution in [0.15, 0.2) is 18.3 Å². The lowest BCUT2D eigenvalue weighted by Crippen LogP contribution is -2.04. The van der Waals surface area contributed by atoms with E-state index in [2.05, 4.69) is 16.4 Å². The van der Waals surface area contributed by atoms with Crippen LogP contribution in [0.5, 0.6) is 0 Å². The summed E-state index contributed by atoms with van der Waals surface area (Å²) in [6, 6.07) is 4.04. The molecule has 0 spiro atoms. The predicted octanol–water partition coefficient (Wildman–Crippen LogP) is 1.16. The van der Waals surface area contributed by atoms with Gasteiger partial charge in [0.05, 0.1) is 0 Å². The van der Waals surface area contributed by atoms with E-state index in [-0.39, 0.29) is 12.4 Å². The Kier molecular flexibility index (Phi) is 4.18. The third kappa shape index (κ3) is 2.54. The highest BCUT2D eigenvalue weighted by molar-refractivity contribution is 5.85. The molecule has 2 N–H and O–H groups in total. The number of aromatic amines is 1. The molecule has 2 nitrogen and oxygen atoms in total. The third-order valence-electron chi connectivity index (χ3n) is 1.03. The minimum Gasteiger partial charge on any atom is -0.364 e. The fourth-order valence-electron chi connectivity index (χ4n) is 0.668. The minimum atomic E-state index is 0. The first-order valence-corrected chi connectivity index (χ1v) is 2.70. The zero-order valence-corrected chi connectivity index (χ0v) is 6.16. The number of hydrogen-bond acceptors (Lipinski definition) is 1. The summed E-state index contributed by atoms with van der Waals surface area (Å²) in [4.78, 5) is 3.08. The van der Waals surface area contributed by atoms with Crippen molar-refractivity contribution in [2.75, 3.05) is 7.05 Å². The van der Waals surface area contributed by atoms with Gasteiger partial charge in [-0.1, -0.05) is 0 Å². The van der Waals surface area contributed by atoms with Crippen molar-refractivity contribution >= 4 is 12.4 Å². The Balaban J connectivity index is 0.000000640. The zero-order valence-electron chi connectivity index (χ0n) is 5.35. The van der Waals surface area contributed by atoms with Crippen molar-refractivity contribution in [3.63, 3.8) is 0 Å². The van der Waals surface area contributed by atoms with Crippen molar-refractivity contribution in [3.05, 3.63) is 24.0 Å². The molecule has 0 bridgehead atoms. The highest BCUT2D eigenvalue weighted by Crippen LogP contribution is 1.90. The number of rotatable bonds is 2. The minimum absolute atomic E-state index is 0. The van der Waals surface area contributed by atoms with Crippen LogP contribution >= 0.6 is 12.4 Å². The molecule has 0 saturated carbocycles. The Bertz CT molecular complexity index is 137. The van der Waals surface area contributed by atoms with E-state index in [1.165, 1.54) is 5.69 Å². The molecule has 0 aliphatic carbocycles. The van der Waals surface area contributed by atoms with Gasteiger partial charge < -0.3 is 10.3 Å². The molecule has 0 atom stereocenters. The molecule has 1 heterocycles. The van der Waals surface area contributed by atoms with Gasteiger partial charge in [0.15, 0.2) is 0 Å². The van der Waals surface area contributed by atoms with Gasteiger partial charge in [0.25, 0.3) is 0 Å². The summed E-state index contributed by atoms with van der Waals surface area (Å²) < 4.78 is 0. The van der Waals surface area contributed by atoms with Crippen LogP contribution < -0.4 is 5.32 Å². The van der Waals surface area contributed by atoms with Crippen LogP contribution in [-0.2, 0) is 6.54 Å². The molecule has 0 amide bonds. The Morgan fingerprint density at radius 1 is 1.67 bits per heavy atom. The van der Waals surface area contributed by atoms with E-state index in [0.29, 0.717) is 0 Å². The number of nitrogens with one attached hydrogen (secondary N) is 2. The van der Waals surface area contributed by atoms with E-state index < -0.39 is 0 Å². The fraction of sp³-hybridized carbons (Fsp3) is 0.333. The van der Waals surface area contributed by atoms with Crippen molar-refractivity contribution in [1.82, 2.24) is 10.3 Å². The van der Waals surface area contributed by atoms with Gasteiger partial charge in [-0.05, 0) is 19.2 Å². The lowest BCUT2D eigenvalue weighted by atomic mass is 10.4. The lowest BCUT2D eigenvalue weighted by Gasteiger charge is -1.90. The summed E-state index contributed by atoms with van der Waals surface area (Å²) in [6.45, 7) is 0.924. The molecule has 0 aliphatic rings. The van der Waals surface area contributed by atoms with Crippen molar-refractivity contribution in [2.45, 2.75) is 6.54 Å². The summed E-state index contributed by atoms with van der Waals surface area (Å²) in [7, 11) is 1.93. The maximum absolute atomic E-state index is 3.08. The molecule has 52 valence electrons. The summed E-state index contributed by atoms with van der Waals surface area (Å²) in [5.41, 5.74) is 1.23. The lowest BCUT2D eigenvalue weighted by molar-refractivity contribution is 0.797. The highest BCUT2D eigenvalue weighted by Gasteiger charge is 1.84. The standard InChI is InChI=1S/C6H10N2.ClH/c1-7-5-6-3-2-4-8-6;/h2-4,7-8H,5H2,1H3;1H. The molecule has 1 aromatic rings. The molecule has 3 heteroatoms. The van der Waals surface area contributed by atoms with E-state index >= 15 is 0 Å². The average Bonchev–Trinajstić information content (AvgIpc) is 2.19. The smallest absolute Gasteiger partial charge is 0.0354 e. The Labute approximate surface area is 61.1 Å². The van der Waals surface area contributed by atoms with Gasteiger partial charge in [-0.25, -0.2) is 0 Å². The Morgan fingerprint density at radius 3 is 2.89 bits per heavy atom. The maximum Gasteiger partial charge on any atom is 0.0354 e. The largest absolute Gasteiger partial charge is 0.364 e. The fourth-order valence-corrected chi connectivity index (χ4v) is 0.668. The second kappa shape index (κ2) is 4.41. The quantitative estimate of drug-likeness (QED) is 0.644. The molecule has 0 aliphatic heterocycles. The molecule has 1 rings (SSSR count). The second-order valence-electron chi connectivity index (χ2n) is 1.73. The normalized spacial score (nSPS) is 8.56. The molecule has 9 heavy (non-hydrogen) atoms. The molecular formula is C6H11ClN2. The van der Waals surface area contributed by atoms with Gasteiger partial charge in [-0.15, -0.1) is 12.4 Å². The van der Waals surface area contributed by atoms with Crippen LogP contribution in [0.2, 0.25) is 0 Å². The van der Waals surface area contributed by atoms with Crippen LogP contribution in [0.25, 0.3) is 0 Å². The predicted molar refractivity (Wildman–Crippen MR) is 40.8 cm³/mol. The first-order chi connectivity index (χ1) is 3.93. The van der Waals surface area contributed by atoms with Crippen molar-refractivity contribution in [1.29, 1.82) is 0 Å². The topological polar surface area (TPSA) is 27.8 Å². The number of halogens is 1. The summed E-state index contributed by atoms with van der Waals surface area (Å²) in [6.07, 6.45) is 1.92. The Morgan fingerprint density at radius 2 is 2.44 bits per heavy atom. The van der Waals surface area contributed by atoms with Crippen molar-refractivity contribution in [2.24, 2.45) is 0 Å². The number of H-pyrrole nitrogens is 1. The Hall–Kier alpha value is -0.470. The highest BCUT2D eigenvalue weighted by atomic mass is 35.5. The summed E-state index contributed by atoms with van der Waals surface area (Å²) in [5.74, 6) is 0. The number of aromatic nitrogens is 1. The van der Waals surface area contributed by atoms with Gasteiger partial charge in [0.1, 0.15) is 0 Å². The number of hydrogen-bond donors (Lipinski definition) is 2. The van der Waals surface area contributed by atoms with Crippen molar-refractivity contribution < 1.29 is 0 Å². The van der Waals surface area contributed by atoms with Gasteiger partial charge in [-0.3, -0.25) is 0 Å². The molecule has 0 saturated heterocycles. The molecule has 0 fully saturated rings. The SMILES string of the molecule is CNCc1ccc[nH]1.Cl. The first-order valence-electron chi connectivity index (χ1n) is 2.70. The molecule has 0 radical (unpaired) electrons. The van der Waals surface area contributed by atoms with Crippen LogP contribution in [0.4, 0.5) is 0 Å². The van der Waals surface area contributed by atoms with Crippen LogP contribution in [0, 0.1) is 0 Å². The van der Waals surface area contributed by atoms with Gasteiger partial charge in [0, 0.05) is 18.4 Å². The summed E-state index contributed by atoms with van der Waals surface area (Å²) in [5, 5.41) is 3.04. The van der Waals surface area contributed by atoms with Gasteiger partial charge in [0.2, 0.25) is 0 Å². The first kappa shape index (κ1) is 8.53. The third-order valence-corrected chi connectivity index (χ3v) is 1.03. The monoisotopic (exact) mass is 146 g/mol. The van der Waals surface area contributed by atoms with Crippen LogP contribution in [0.1, 0.15) is 5.69 Å². The van der Waals surface area contributed by atoms with Crippen LogP contribution in [-0.4, -0.2) is 12.0 Å². The van der Waals surface area contributed by atoms with Crippen molar-refractivity contribution in [3.8, 4) is 0 Å². The average molecular weight is 147 g/mol. The molecule has 1 aromatic heterocycles. The van der Waals surface area contributed by atoms with Gasteiger partial charge >= 0.3 is 0 Å². The second-order valence-corrected chi connectivity index (χ2v) is 1.73. The molecule has 0 aromatic carbocycles. The van der Waals surface area contributed by atoms with E-state index in [0.717, 1.165) is 6.54 Å². The van der Waals surface area contributed by atoms with Crippen LogP contribution in [0.3, 0.4) is 0 Å². The van der Waals surface area contributed by atoms with Gasteiger partial charge in [-0.2, -0.15) is 0 Å². The molecular weight excluding hydrogens is 136 g/mol. The molecule has 0 unspecified atom stereocenters. The zero-order chi connectivity index (χ0) is 5.82. The van der Waals surface area contributed by atoms with E-state index in [1.807, 2.05) is 19.3 Å². The summed E-state index contributed by atoms with van der Waals surface area (Å²) >= 11 is 0.